The molecule has 0 aliphatic rings. The smallest absolute Gasteiger partial charge is 0.373 e. The first-order valence-electron chi connectivity index (χ1n) is 6.41. The minimum absolute atomic E-state index is 0.841. The predicted molar refractivity (Wildman–Crippen MR) is 84.0 cm³/mol. The van der Waals surface area contributed by atoms with Crippen LogP contribution >= 0.6 is 0 Å². The lowest BCUT2D eigenvalue weighted by molar-refractivity contribution is 0.139. The average Bonchev–Trinajstić information content (AvgIpc) is 2.52. The molecule has 0 bridgehead atoms. The summed E-state index contributed by atoms with van der Waals surface area (Å²) in [7, 11) is 3.63. The molecule has 6 nitrogen and oxygen atoms in total. The van der Waals surface area contributed by atoms with Crippen molar-refractivity contribution in [1.82, 2.24) is 0 Å². The van der Waals surface area contributed by atoms with Crippen LogP contribution in [0.1, 0.15) is 5.56 Å². The molecule has 1 aromatic carbocycles. The second-order valence-corrected chi connectivity index (χ2v) is 10.3. The van der Waals surface area contributed by atoms with Gasteiger partial charge in [-0.2, -0.15) is 0 Å². The van der Waals surface area contributed by atoms with E-state index in [1.54, 1.807) is 42.7 Å². The highest BCUT2D eigenvalue weighted by Gasteiger charge is 2.45. The summed E-state index contributed by atoms with van der Waals surface area (Å²) in [4.78, 5) is 0. The van der Waals surface area contributed by atoms with Crippen LogP contribution in [0.4, 0.5) is 0 Å². The third kappa shape index (κ3) is 3.43. The van der Waals surface area contributed by atoms with E-state index in [9.17, 15) is 0 Å². The molecule has 1 aromatic rings. The molecule has 0 saturated carbocycles. The molecular weight excluding hydrogens is 308 g/mol. The van der Waals surface area contributed by atoms with E-state index >= 15 is 0 Å². The van der Waals surface area contributed by atoms with E-state index in [0.717, 1.165) is 15.9 Å². The maximum Gasteiger partial charge on any atom is 0.536 e. The number of rotatable bonds is 8. The Balaban J connectivity index is 3.46. The lowest BCUT2D eigenvalue weighted by Crippen LogP contribution is -2.59. The maximum absolute atomic E-state index is 5.53. The third-order valence-electron chi connectivity index (χ3n) is 3.40. The SMILES string of the molecule is CO[Si](OC)(OC)c1cc(C)cc([Si](OC)(OC)OC)c1. The highest BCUT2D eigenvalue weighted by atomic mass is 28.4. The van der Waals surface area contributed by atoms with Crippen molar-refractivity contribution in [2.24, 2.45) is 0 Å². The second-order valence-electron chi connectivity index (χ2n) is 4.42. The molecule has 8 heteroatoms. The predicted octanol–water partition coefficient (Wildman–Crippen LogP) is 0.165. The summed E-state index contributed by atoms with van der Waals surface area (Å²) in [6.07, 6.45) is 0. The Hall–Kier alpha value is -0.586. The van der Waals surface area contributed by atoms with Gasteiger partial charge in [-0.1, -0.05) is 17.7 Å². The number of hydrogen-bond acceptors (Lipinski definition) is 6. The molecule has 0 radical (unpaired) electrons. The first-order chi connectivity index (χ1) is 9.97. The Morgan fingerprint density at radius 1 is 0.571 bits per heavy atom. The van der Waals surface area contributed by atoms with Crippen LogP contribution in [-0.4, -0.2) is 60.3 Å². The fourth-order valence-electron chi connectivity index (χ4n) is 2.34. The van der Waals surface area contributed by atoms with Crippen molar-refractivity contribution in [2.75, 3.05) is 42.7 Å². The lowest BCUT2D eigenvalue weighted by atomic mass is 10.2. The quantitative estimate of drug-likeness (QED) is 0.633. The van der Waals surface area contributed by atoms with E-state index < -0.39 is 17.6 Å². The van der Waals surface area contributed by atoms with Crippen LogP contribution in [0.3, 0.4) is 0 Å². The van der Waals surface area contributed by atoms with E-state index in [4.69, 9.17) is 26.6 Å². The van der Waals surface area contributed by atoms with Crippen LogP contribution in [0.25, 0.3) is 0 Å². The van der Waals surface area contributed by atoms with Gasteiger partial charge in [0.05, 0.1) is 0 Å². The minimum atomic E-state index is -2.92. The van der Waals surface area contributed by atoms with Gasteiger partial charge in [0, 0.05) is 53.0 Å². The van der Waals surface area contributed by atoms with Crippen molar-refractivity contribution in [2.45, 2.75) is 6.92 Å². The van der Waals surface area contributed by atoms with Crippen molar-refractivity contribution in [3.8, 4) is 0 Å². The van der Waals surface area contributed by atoms with Crippen molar-refractivity contribution in [1.29, 1.82) is 0 Å². The summed E-state index contributed by atoms with van der Waals surface area (Å²) in [6, 6.07) is 5.87. The maximum atomic E-state index is 5.53. The molecule has 0 heterocycles. The summed E-state index contributed by atoms with van der Waals surface area (Å²) in [5.41, 5.74) is 1.02. The highest BCUT2D eigenvalue weighted by molar-refractivity contribution is 6.78. The molecule has 0 aromatic heterocycles. The van der Waals surface area contributed by atoms with Crippen LogP contribution in [0.2, 0.25) is 0 Å². The zero-order chi connectivity index (χ0) is 16.1. The summed E-state index contributed by atoms with van der Waals surface area (Å²) in [5.74, 6) is 0. The molecule has 0 aliphatic heterocycles. The van der Waals surface area contributed by atoms with E-state index in [-0.39, 0.29) is 0 Å². The molecule has 0 atom stereocenters. The molecule has 0 amide bonds. The van der Waals surface area contributed by atoms with Gasteiger partial charge in [0.15, 0.2) is 0 Å². The third-order valence-corrected chi connectivity index (χ3v) is 8.61. The van der Waals surface area contributed by atoms with Gasteiger partial charge in [0.2, 0.25) is 0 Å². The summed E-state index contributed by atoms with van der Waals surface area (Å²) < 4.78 is 33.2. The van der Waals surface area contributed by atoms with Crippen molar-refractivity contribution < 1.29 is 26.6 Å². The molecule has 0 spiro atoms. The van der Waals surface area contributed by atoms with Gasteiger partial charge >= 0.3 is 17.6 Å². The van der Waals surface area contributed by atoms with E-state index in [1.807, 2.05) is 25.1 Å². The standard InChI is InChI=1S/C13H24O6Si2/c1-11-8-12(20(14-2,15-3)16-4)10-13(9-11)21(17-5,18-6)19-7/h8-10H,1-7H3. The number of benzene rings is 1. The van der Waals surface area contributed by atoms with Crippen molar-refractivity contribution >= 4 is 28.0 Å². The molecule has 0 N–H and O–H groups in total. The van der Waals surface area contributed by atoms with Crippen LogP contribution in [0, 0.1) is 6.92 Å². The molecule has 21 heavy (non-hydrogen) atoms. The van der Waals surface area contributed by atoms with Gasteiger partial charge in [-0.25, -0.2) is 0 Å². The van der Waals surface area contributed by atoms with Crippen LogP contribution < -0.4 is 10.4 Å². The summed E-state index contributed by atoms with van der Waals surface area (Å²) in [5, 5.41) is 1.68. The zero-order valence-electron chi connectivity index (χ0n) is 13.7. The monoisotopic (exact) mass is 332 g/mol. The Labute approximate surface area is 128 Å². The van der Waals surface area contributed by atoms with Gasteiger partial charge in [-0.05, 0) is 13.0 Å². The van der Waals surface area contributed by atoms with Gasteiger partial charge in [-0.15, -0.1) is 0 Å². The Morgan fingerprint density at radius 3 is 1.10 bits per heavy atom. The number of aryl methyl sites for hydroxylation is 1. The molecule has 0 aliphatic carbocycles. The lowest BCUT2D eigenvalue weighted by Gasteiger charge is -2.28. The Bertz CT molecular complexity index is 405. The van der Waals surface area contributed by atoms with E-state index in [2.05, 4.69) is 0 Å². The first-order valence-corrected chi connectivity index (χ1v) is 9.86. The average molecular weight is 333 g/mol. The normalized spacial score (nSPS) is 12.7. The minimum Gasteiger partial charge on any atom is -0.373 e. The molecule has 1 rings (SSSR count). The molecular formula is C13H24O6Si2. The largest absolute Gasteiger partial charge is 0.536 e. The molecule has 0 fully saturated rings. The zero-order valence-corrected chi connectivity index (χ0v) is 15.7. The molecule has 0 saturated heterocycles. The van der Waals surface area contributed by atoms with Gasteiger partial charge in [-0.3, -0.25) is 0 Å². The van der Waals surface area contributed by atoms with Crippen molar-refractivity contribution in [3.63, 3.8) is 0 Å². The highest BCUT2D eigenvalue weighted by Crippen LogP contribution is 2.12. The molecule has 120 valence electrons. The van der Waals surface area contributed by atoms with Crippen molar-refractivity contribution in [3.05, 3.63) is 23.8 Å². The molecule has 0 unspecified atom stereocenters. The van der Waals surface area contributed by atoms with E-state index in [1.165, 1.54) is 0 Å². The fourth-order valence-corrected chi connectivity index (χ4v) is 6.38. The fraction of sp³-hybridized carbons (Fsp3) is 0.538. The van der Waals surface area contributed by atoms with Gasteiger partial charge in [0.25, 0.3) is 0 Å². The second kappa shape index (κ2) is 7.61. The van der Waals surface area contributed by atoms with Crippen LogP contribution in [0.5, 0.6) is 0 Å². The van der Waals surface area contributed by atoms with Crippen LogP contribution in [-0.2, 0) is 26.6 Å². The Morgan fingerprint density at radius 2 is 0.857 bits per heavy atom. The van der Waals surface area contributed by atoms with Crippen LogP contribution in [0.15, 0.2) is 18.2 Å². The van der Waals surface area contributed by atoms with E-state index in [0.29, 0.717) is 0 Å². The first kappa shape index (κ1) is 18.5. The van der Waals surface area contributed by atoms with Gasteiger partial charge in [0.1, 0.15) is 0 Å². The Kier molecular flexibility index (Phi) is 6.69. The summed E-state index contributed by atoms with van der Waals surface area (Å²) in [6.45, 7) is 1.98. The topological polar surface area (TPSA) is 55.4 Å². The summed E-state index contributed by atoms with van der Waals surface area (Å²) >= 11 is 0. The number of hydrogen-bond donors (Lipinski definition) is 0. The van der Waals surface area contributed by atoms with Gasteiger partial charge < -0.3 is 26.6 Å².